The molecule has 1 aromatic carbocycles. The van der Waals surface area contributed by atoms with Gasteiger partial charge in [0.25, 0.3) is 0 Å². The number of nitrogens with zero attached hydrogens (tertiary/aromatic N) is 1. The van der Waals surface area contributed by atoms with Gasteiger partial charge in [-0.1, -0.05) is 18.2 Å². The summed E-state index contributed by atoms with van der Waals surface area (Å²) in [5, 5.41) is 10.1. The summed E-state index contributed by atoms with van der Waals surface area (Å²) in [5.74, 6) is -0.0926. The Hall–Kier alpha value is -1.94. The van der Waals surface area contributed by atoms with Crippen molar-refractivity contribution in [1.82, 2.24) is 4.98 Å². The quantitative estimate of drug-likeness (QED) is 0.834. The van der Waals surface area contributed by atoms with Crippen molar-refractivity contribution in [2.24, 2.45) is 0 Å². The van der Waals surface area contributed by atoms with E-state index in [9.17, 15) is 9.50 Å². The fourth-order valence-corrected chi connectivity index (χ4v) is 1.62. The Morgan fingerprint density at radius 1 is 1.35 bits per heavy atom. The monoisotopic (exact) mass is 232 g/mol. The number of anilines is 1. The molecule has 3 N–H and O–H groups in total. The maximum atomic E-state index is 13.4. The fourth-order valence-electron chi connectivity index (χ4n) is 1.62. The Bertz CT molecular complexity index is 543. The second-order valence-corrected chi connectivity index (χ2v) is 3.89. The number of aliphatic hydroxyl groups is 1. The number of pyridine rings is 1. The Balaban J connectivity index is 2.40. The Labute approximate surface area is 98.7 Å². The molecule has 3 nitrogen and oxygen atoms in total. The van der Waals surface area contributed by atoms with E-state index in [1.54, 1.807) is 37.4 Å². The highest BCUT2D eigenvalue weighted by Gasteiger charge is 2.14. The lowest BCUT2D eigenvalue weighted by atomic mass is 10.0. The molecule has 0 saturated heterocycles. The molecule has 0 spiro atoms. The molecule has 0 aliphatic heterocycles. The number of aromatic nitrogens is 1. The van der Waals surface area contributed by atoms with Crippen LogP contribution >= 0.6 is 0 Å². The normalized spacial score (nSPS) is 12.4. The number of hydrogen-bond acceptors (Lipinski definition) is 3. The highest BCUT2D eigenvalue weighted by molar-refractivity contribution is 5.44. The minimum Gasteiger partial charge on any atom is -0.384 e. The smallest absolute Gasteiger partial charge is 0.129 e. The second-order valence-electron chi connectivity index (χ2n) is 3.89. The lowest BCUT2D eigenvalue weighted by Gasteiger charge is -2.13. The molecule has 0 bridgehead atoms. The van der Waals surface area contributed by atoms with E-state index < -0.39 is 6.10 Å². The van der Waals surface area contributed by atoms with Crippen LogP contribution < -0.4 is 5.73 Å². The van der Waals surface area contributed by atoms with E-state index in [0.717, 1.165) is 0 Å². The molecule has 17 heavy (non-hydrogen) atoms. The van der Waals surface area contributed by atoms with Crippen molar-refractivity contribution in [3.05, 3.63) is 59.0 Å². The minimum absolute atomic E-state index is 0.251. The fraction of sp³-hybridized carbons (Fsp3) is 0.154. The predicted octanol–water partition coefficient (Wildman–Crippen LogP) is 2.19. The molecule has 2 aromatic rings. The van der Waals surface area contributed by atoms with E-state index in [-0.39, 0.29) is 11.6 Å². The summed E-state index contributed by atoms with van der Waals surface area (Å²) < 4.78 is 13.4. The highest BCUT2D eigenvalue weighted by Crippen LogP contribution is 2.26. The van der Waals surface area contributed by atoms with Crippen LogP contribution in [0.1, 0.15) is 22.8 Å². The zero-order chi connectivity index (χ0) is 12.4. The molecule has 0 radical (unpaired) electrons. The first-order valence-corrected chi connectivity index (χ1v) is 5.24. The number of aliphatic hydroxyl groups excluding tert-OH is 1. The van der Waals surface area contributed by atoms with E-state index in [0.29, 0.717) is 16.7 Å². The summed E-state index contributed by atoms with van der Waals surface area (Å²) >= 11 is 0. The molecule has 1 atom stereocenters. The molecular weight excluding hydrogens is 219 g/mol. The third-order valence-electron chi connectivity index (χ3n) is 2.68. The molecule has 1 unspecified atom stereocenters. The number of benzene rings is 1. The molecule has 2 rings (SSSR count). The lowest BCUT2D eigenvalue weighted by Crippen LogP contribution is -2.05. The van der Waals surface area contributed by atoms with Crippen LogP contribution in [0.25, 0.3) is 0 Å². The van der Waals surface area contributed by atoms with Gasteiger partial charge in [-0.05, 0) is 30.2 Å². The van der Waals surface area contributed by atoms with Crippen LogP contribution in [0.2, 0.25) is 0 Å². The molecule has 88 valence electrons. The van der Waals surface area contributed by atoms with Crippen molar-refractivity contribution < 1.29 is 9.50 Å². The number of nitrogen functional groups attached to an aromatic ring is 1. The molecule has 0 aliphatic carbocycles. The largest absolute Gasteiger partial charge is 0.384 e. The molecule has 0 aliphatic rings. The summed E-state index contributed by atoms with van der Waals surface area (Å²) in [6.07, 6.45) is 0.583. The van der Waals surface area contributed by atoms with Gasteiger partial charge in [0.2, 0.25) is 0 Å². The van der Waals surface area contributed by atoms with E-state index in [1.165, 1.54) is 6.07 Å². The minimum atomic E-state index is -0.959. The van der Waals surface area contributed by atoms with Crippen molar-refractivity contribution in [3.8, 4) is 0 Å². The number of halogens is 1. The maximum absolute atomic E-state index is 13.4. The van der Waals surface area contributed by atoms with Crippen LogP contribution in [0.3, 0.4) is 0 Å². The summed E-state index contributed by atoms with van der Waals surface area (Å²) in [4.78, 5) is 3.89. The highest BCUT2D eigenvalue weighted by atomic mass is 19.1. The van der Waals surface area contributed by atoms with Crippen molar-refractivity contribution in [2.75, 3.05) is 5.73 Å². The van der Waals surface area contributed by atoms with Crippen LogP contribution in [0.15, 0.2) is 36.5 Å². The SMILES string of the molecule is Cc1ccc(C(O)c2cccnc2N)cc1F. The van der Waals surface area contributed by atoms with Gasteiger partial charge >= 0.3 is 0 Å². The maximum Gasteiger partial charge on any atom is 0.129 e. The summed E-state index contributed by atoms with van der Waals surface area (Å²) in [7, 11) is 0. The molecule has 0 saturated carbocycles. The van der Waals surface area contributed by atoms with E-state index in [2.05, 4.69) is 4.98 Å². The first kappa shape index (κ1) is 11.5. The van der Waals surface area contributed by atoms with Crippen LogP contribution in [0, 0.1) is 12.7 Å². The Morgan fingerprint density at radius 3 is 2.76 bits per heavy atom. The summed E-state index contributed by atoms with van der Waals surface area (Å²) in [6.45, 7) is 1.67. The van der Waals surface area contributed by atoms with E-state index in [1.807, 2.05) is 0 Å². The van der Waals surface area contributed by atoms with Crippen LogP contribution in [-0.2, 0) is 0 Å². The lowest BCUT2D eigenvalue weighted by molar-refractivity contribution is 0.220. The zero-order valence-electron chi connectivity index (χ0n) is 9.39. The van der Waals surface area contributed by atoms with Crippen LogP contribution in [0.4, 0.5) is 10.2 Å². The third kappa shape index (κ3) is 2.26. The van der Waals surface area contributed by atoms with Gasteiger partial charge in [0.15, 0.2) is 0 Å². The molecule has 0 amide bonds. The second kappa shape index (κ2) is 4.51. The number of rotatable bonds is 2. The average molecular weight is 232 g/mol. The Morgan fingerprint density at radius 2 is 2.12 bits per heavy atom. The van der Waals surface area contributed by atoms with Gasteiger partial charge in [0.05, 0.1) is 0 Å². The number of hydrogen-bond donors (Lipinski definition) is 2. The van der Waals surface area contributed by atoms with Crippen molar-refractivity contribution >= 4 is 5.82 Å². The van der Waals surface area contributed by atoms with E-state index >= 15 is 0 Å². The van der Waals surface area contributed by atoms with Gasteiger partial charge in [0.1, 0.15) is 17.7 Å². The predicted molar refractivity (Wildman–Crippen MR) is 63.8 cm³/mol. The van der Waals surface area contributed by atoms with Gasteiger partial charge in [0, 0.05) is 11.8 Å². The molecular formula is C13H13FN2O. The molecule has 4 heteroatoms. The molecule has 0 fully saturated rings. The van der Waals surface area contributed by atoms with Crippen LogP contribution in [0.5, 0.6) is 0 Å². The van der Waals surface area contributed by atoms with Crippen molar-refractivity contribution in [1.29, 1.82) is 0 Å². The first-order chi connectivity index (χ1) is 8.09. The van der Waals surface area contributed by atoms with Gasteiger partial charge in [-0.3, -0.25) is 0 Å². The van der Waals surface area contributed by atoms with Gasteiger partial charge in [-0.25, -0.2) is 9.37 Å². The topological polar surface area (TPSA) is 59.1 Å². The average Bonchev–Trinajstić information content (AvgIpc) is 2.32. The van der Waals surface area contributed by atoms with Gasteiger partial charge in [-0.2, -0.15) is 0 Å². The number of aryl methyl sites for hydroxylation is 1. The number of nitrogens with two attached hydrogens (primary N) is 1. The standard InChI is InChI=1S/C13H13FN2O/c1-8-4-5-9(7-11(8)14)12(17)10-3-2-6-16-13(10)15/h2-7,12,17H,1H3,(H2,15,16). The first-order valence-electron chi connectivity index (χ1n) is 5.24. The zero-order valence-corrected chi connectivity index (χ0v) is 9.39. The van der Waals surface area contributed by atoms with Crippen molar-refractivity contribution in [3.63, 3.8) is 0 Å². The van der Waals surface area contributed by atoms with Gasteiger partial charge in [-0.15, -0.1) is 0 Å². The van der Waals surface area contributed by atoms with Gasteiger partial charge < -0.3 is 10.8 Å². The summed E-state index contributed by atoms with van der Waals surface area (Å²) in [5.41, 5.74) is 7.15. The Kier molecular flexibility index (Phi) is 3.06. The van der Waals surface area contributed by atoms with E-state index in [4.69, 9.17) is 5.73 Å². The third-order valence-corrected chi connectivity index (χ3v) is 2.68. The van der Waals surface area contributed by atoms with Crippen molar-refractivity contribution in [2.45, 2.75) is 13.0 Å². The molecule has 1 aromatic heterocycles. The summed E-state index contributed by atoms with van der Waals surface area (Å²) in [6, 6.07) is 7.96. The van der Waals surface area contributed by atoms with Crippen LogP contribution in [-0.4, -0.2) is 10.1 Å². The molecule has 1 heterocycles.